The number of nitrogen functional groups attached to an aromatic ring is 1. The lowest BCUT2D eigenvalue weighted by molar-refractivity contribution is -0.139. The summed E-state index contributed by atoms with van der Waals surface area (Å²) < 4.78 is 0. The number of nitrogens with one attached hydrogen (secondary N) is 1. The van der Waals surface area contributed by atoms with Crippen LogP contribution in [0.2, 0.25) is 0 Å². The van der Waals surface area contributed by atoms with Crippen LogP contribution in [0, 0.1) is 11.8 Å². The zero-order chi connectivity index (χ0) is 26.4. The van der Waals surface area contributed by atoms with Crippen molar-refractivity contribution in [2.45, 2.75) is 6.04 Å². The number of hydrazine groups is 1. The highest BCUT2D eigenvalue weighted by molar-refractivity contribution is 6.06. The molecule has 0 aliphatic rings. The number of carbonyl (C=O) groups is 3. The molecule has 4 rings (SSSR count). The molecule has 0 spiro atoms. The molecule has 0 fully saturated rings. The van der Waals surface area contributed by atoms with Gasteiger partial charge in [-0.1, -0.05) is 24.0 Å². The fraction of sp³-hybridized carbons (Fsp3) is 0.0741. The summed E-state index contributed by atoms with van der Waals surface area (Å²) in [6.07, 6.45) is 3.62. The lowest BCUT2D eigenvalue weighted by atomic mass is 10.0. The van der Waals surface area contributed by atoms with Crippen LogP contribution in [0.25, 0.3) is 22.2 Å². The minimum atomic E-state index is -1.18. The Kier molecular flexibility index (Phi) is 7.49. The fourth-order valence-electron chi connectivity index (χ4n) is 3.72. The van der Waals surface area contributed by atoms with Gasteiger partial charge in [-0.15, -0.1) is 0 Å². The van der Waals surface area contributed by atoms with Crippen LogP contribution in [0.3, 0.4) is 0 Å². The van der Waals surface area contributed by atoms with Crippen molar-refractivity contribution in [1.82, 2.24) is 15.4 Å². The molecular weight excluding hydrogens is 472 g/mol. The third-order valence-electron chi connectivity index (χ3n) is 5.64. The first-order chi connectivity index (χ1) is 17.9. The molecule has 6 N–H and O–H groups in total. The van der Waals surface area contributed by atoms with Gasteiger partial charge >= 0.3 is 5.97 Å². The van der Waals surface area contributed by atoms with Crippen LogP contribution in [0.4, 0.5) is 5.69 Å². The number of nitrogens with two attached hydrogens (primary N) is 2. The van der Waals surface area contributed by atoms with E-state index in [1.165, 1.54) is 0 Å². The maximum absolute atomic E-state index is 12.3. The zero-order valence-electron chi connectivity index (χ0n) is 19.5. The number of rotatable bonds is 7. The maximum Gasteiger partial charge on any atom is 0.328 e. The average Bonchev–Trinajstić information content (AvgIpc) is 2.94. The quantitative estimate of drug-likeness (QED) is 0.0990. The van der Waals surface area contributed by atoms with E-state index in [0.29, 0.717) is 39.8 Å². The third kappa shape index (κ3) is 5.43. The molecule has 0 aliphatic carbocycles. The highest BCUT2D eigenvalue weighted by atomic mass is 16.4. The number of amides is 2. The molecule has 0 aliphatic heterocycles. The zero-order valence-corrected chi connectivity index (χ0v) is 19.5. The smallest absolute Gasteiger partial charge is 0.328 e. The second-order valence-electron chi connectivity index (χ2n) is 7.90. The number of pyridine rings is 2. The number of fused-ring (bicyclic) bond motifs is 1. The SMILES string of the molecule is NCC(C(=O)O)N(C=O)c1ccc(C#Cc2ccc(-c3cc(C(=O)NN)c4cnccc4n3)cc2)cc1. The monoisotopic (exact) mass is 494 g/mol. The van der Waals surface area contributed by atoms with Gasteiger partial charge < -0.3 is 10.8 Å². The van der Waals surface area contributed by atoms with Crippen molar-refractivity contribution in [2.24, 2.45) is 11.6 Å². The summed E-state index contributed by atoms with van der Waals surface area (Å²) >= 11 is 0. The standard InChI is InChI=1S/C27H22N6O4/c28-14-25(27(36)37)33(16-34)20-9-5-18(6-10-20)2-1-17-3-7-19(8-4-17)24-13-21(26(35)32-29)22-15-30-12-11-23(22)31-24/h3-13,15-16,25H,14,28-29H2,(H,32,35)(H,36,37). The minimum Gasteiger partial charge on any atom is -0.480 e. The predicted octanol–water partition coefficient (Wildman–Crippen LogP) is 1.67. The number of carbonyl (C=O) groups excluding carboxylic acids is 2. The molecule has 2 aromatic heterocycles. The molecule has 0 saturated carbocycles. The second kappa shape index (κ2) is 11.1. The highest BCUT2D eigenvalue weighted by Gasteiger charge is 2.24. The van der Waals surface area contributed by atoms with E-state index in [2.05, 4.69) is 27.2 Å². The number of aromatic nitrogens is 2. The predicted molar refractivity (Wildman–Crippen MR) is 138 cm³/mol. The van der Waals surface area contributed by atoms with Crippen LogP contribution in [-0.2, 0) is 9.59 Å². The molecule has 10 nitrogen and oxygen atoms in total. The molecule has 2 heterocycles. The Morgan fingerprint density at radius 2 is 1.70 bits per heavy atom. The number of carboxylic acids is 1. The highest BCUT2D eigenvalue weighted by Crippen LogP contribution is 2.25. The molecule has 4 aromatic rings. The van der Waals surface area contributed by atoms with Crippen molar-refractivity contribution in [3.63, 3.8) is 0 Å². The van der Waals surface area contributed by atoms with Crippen molar-refractivity contribution in [2.75, 3.05) is 11.4 Å². The Bertz CT molecular complexity index is 1530. The van der Waals surface area contributed by atoms with E-state index in [-0.39, 0.29) is 6.54 Å². The van der Waals surface area contributed by atoms with Gasteiger partial charge in [0.05, 0.1) is 16.8 Å². The Morgan fingerprint density at radius 1 is 1.05 bits per heavy atom. The molecule has 0 saturated heterocycles. The van der Waals surface area contributed by atoms with Crippen LogP contribution in [0.5, 0.6) is 0 Å². The van der Waals surface area contributed by atoms with Crippen LogP contribution in [-0.4, -0.2) is 45.9 Å². The minimum absolute atomic E-state index is 0.209. The van der Waals surface area contributed by atoms with Gasteiger partial charge in [0.25, 0.3) is 5.91 Å². The van der Waals surface area contributed by atoms with Gasteiger partial charge in [-0.25, -0.2) is 15.6 Å². The van der Waals surface area contributed by atoms with Crippen molar-refractivity contribution >= 4 is 34.9 Å². The van der Waals surface area contributed by atoms with Crippen molar-refractivity contribution < 1.29 is 19.5 Å². The summed E-state index contributed by atoms with van der Waals surface area (Å²) in [6, 6.07) is 16.2. The van der Waals surface area contributed by atoms with Crippen molar-refractivity contribution in [3.8, 4) is 23.1 Å². The number of aliphatic carboxylic acids is 1. The molecule has 1 unspecified atom stereocenters. The number of carboxylic acid groups (broad SMARTS) is 1. The van der Waals surface area contributed by atoms with Crippen molar-refractivity contribution in [1.29, 1.82) is 0 Å². The van der Waals surface area contributed by atoms with Crippen molar-refractivity contribution in [3.05, 3.63) is 89.7 Å². The van der Waals surface area contributed by atoms with Gasteiger partial charge in [0, 0.05) is 46.7 Å². The van der Waals surface area contributed by atoms with Gasteiger partial charge in [-0.2, -0.15) is 0 Å². The molecule has 2 amide bonds. The van der Waals surface area contributed by atoms with Crippen LogP contribution in [0.1, 0.15) is 21.5 Å². The van der Waals surface area contributed by atoms with E-state index in [4.69, 9.17) is 11.6 Å². The normalized spacial score (nSPS) is 11.2. The number of nitrogens with zero attached hydrogens (tertiary/aromatic N) is 3. The maximum atomic E-state index is 12.3. The molecule has 37 heavy (non-hydrogen) atoms. The first-order valence-electron chi connectivity index (χ1n) is 11.1. The number of hydrogen-bond donors (Lipinski definition) is 4. The first-order valence-corrected chi connectivity index (χ1v) is 11.1. The Morgan fingerprint density at radius 3 is 2.27 bits per heavy atom. The lowest BCUT2D eigenvalue weighted by Crippen LogP contribution is -2.45. The summed E-state index contributed by atoms with van der Waals surface area (Å²) in [5.74, 6) is 9.83. The number of benzene rings is 2. The van der Waals surface area contributed by atoms with E-state index < -0.39 is 17.9 Å². The topological polar surface area (TPSA) is 165 Å². The molecule has 184 valence electrons. The number of anilines is 1. The molecular formula is C27H22N6O4. The van der Waals surface area contributed by atoms with Gasteiger partial charge in [-0.3, -0.25) is 24.9 Å². The summed E-state index contributed by atoms with van der Waals surface area (Å²) in [5, 5.41) is 9.85. The molecule has 1 atom stereocenters. The Hall–Kier alpha value is -5.11. The second-order valence-corrected chi connectivity index (χ2v) is 7.90. The Balaban J connectivity index is 1.56. The van der Waals surface area contributed by atoms with Gasteiger partial charge in [0.1, 0.15) is 6.04 Å². The van der Waals surface area contributed by atoms with E-state index >= 15 is 0 Å². The third-order valence-corrected chi connectivity index (χ3v) is 5.64. The molecule has 0 bridgehead atoms. The first kappa shape index (κ1) is 25.0. The van der Waals surface area contributed by atoms with E-state index in [1.807, 2.05) is 24.3 Å². The fourth-order valence-corrected chi connectivity index (χ4v) is 3.72. The van der Waals surface area contributed by atoms with Crippen LogP contribution >= 0.6 is 0 Å². The van der Waals surface area contributed by atoms with E-state index in [9.17, 15) is 19.5 Å². The lowest BCUT2D eigenvalue weighted by Gasteiger charge is -2.23. The summed E-state index contributed by atoms with van der Waals surface area (Å²) in [5.41, 5.74) is 11.9. The molecule has 0 radical (unpaired) electrons. The summed E-state index contributed by atoms with van der Waals surface area (Å²) in [6.45, 7) is -0.209. The van der Waals surface area contributed by atoms with Gasteiger partial charge in [-0.05, 0) is 48.5 Å². The summed E-state index contributed by atoms with van der Waals surface area (Å²) in [4.78, 5) is 44.8. The summed E-state index contributed by atoms with van der Waals surface area (Å²) in [7, 11) is 0. The molecule has 10 heteroatoms. The van der Waals surface area contributed by atoms with Crippen LogP contribution < -0.4 is 21.9 Å². The average molecular weight is 495 g/mol. The molecule has 2 aromatic carbocycles. The number of hydrogen-bond acceptors (Lipinski definition) is 7. The van der Waals surface area contributed by atoms with E-state index in [1.54, 1.807) is 48.8 Å². The Labute approximate surface area is 211 Å². The van der Waals surface area contributed by atoms with Crippen LogP contribution in [0.15, 0.2) is 73.1 Å². The van der Waals surface area contributed by atoms with E-state index in [0.717, 1.165) is 16.0 Å². The van der Waals surface area contributed by atoms with Gasteiger partial charge in [0.15, 0.2) is 0 Å². The van der Waals surface area contributed by atoms with Gasteiger partial charge in [0.2, 0.25) is 6.41 Å². The largest absolute Gasteiger partial charge is 0.480 e.